The number of aromatic hydroxyl groups is 1. The summed E-state index contributed by atoms with van der Waals surface area (Å²) in [4.78, 5) is 0.965. The van der Waals surface area contributed by atoms with E-state index >= 15 is 0 Å². The molecule has 2 rings (SSSR count). The molecule has 0 aromatic heterocycles. The van der Waals surface area contributed by atoms with Gasteiger partial charge < -0.3 is 14.9 Å². The van der Waals surface area contributed by atoms with E-state index < -0.39 is 6.10 Å². The fourth-order valence-electron chi connectivity index (χ4n) is 1.56. The average molecular weight is 345 g/mol. The van der Waals surface area contributed by atoms with Crippen LogP contribution in [0.15, 0.2) is 47.4 Å². The summed E-state index contributed by atoms with van der Waals surface area (Å²) >= 11 is 13.3. The molecule has 0 aliphatic rings. The lowest BCUT2D eigenvalue weighted by Crippen LogP contribution is -2.20. The number of rotatable bonds is 6. The van der Waals surface area contributed by atoms with E-state index in [9.17, 15) is 10.2 Å². The minimum Gasteiger partial charge on any atom is -0.508 e. The van der Waals surface area contributed by atoms with Crippen molar-refractivity contribution in [2.24, 2.45) is 0 Å². The van der Waals surface area contributed by atoms with Crippen LogP contribution in [0.1, 0.15) is 0 Å². The number of ether oxygens (including phenoxy) is 1. The van der Waals surface area contributed by atoms with Gasteiger partial charge in [0, 0.05) is 21.7 Å². The monoisotopic (exact) mass is 344 g/mol. The van der Waals surface area contributed by atoms with Crippen LogP contribution in [0.4, 0.5) is 0 Å². The van der Waals surface area contributed by atoms with Crippen LogP contribution in [0.3, 0.4) is 0 Å². The molecule has 6 heteroatoms. The van der Waals surface area contributed by atoms with Crippen molar-refractivity contribution in [1.82, 2.24) is 0 Å². The zero-order chi connectivity index (χ0) is 15.2. The van der Waals surface area contributed by atoms with E-state index in [2.05, 4.69) is 0 Å². The van der Waals surface area contributed by atoms with Gasteiger partial charge in [-0.15, -0.1) is 11.8 Å². The molecular formula is C15H14Cl2O3S. The molecule has 0 saturated carbocycles. The van der Waals surface area contributed by atoms with Crippen LogP contribution in [0.2, 0.25) is 10.0 Å². The lowest BCUT2D eigenvalue weighted by molar-refractivity contribution is 0.126. The van der Waals surface area contributed by atoms with Gasteiger partial charge in [0.05, 0.1) is 11.1 Å². The van der Waals surface area contributed by atoms with Gasteiger partial charge in [-0.05, 0) is 36.4 Å². The molecule has 0 saturated heterocycles. The quantitative estimate of drug-likeness (QED) is 0.770. The Bertz CT molecular complexity index is 590. The molecule has 21 heavy (non-hydrogen) atoms. The molecule has 1 atom stereocenters. The Morgan fingerprint density at radius 1 is 1.10 bits per heavy atom. The lowest BCUT2D eigenvalue weighted by Gasteiger charge is -2.13. The van der Waals surface area contributed by atoms with Crippen LogP contribution in [0, 0.1) is 0 Å². The molecule has 112 valence electrons. The fourth-order valence-corrected chi connectivity index (χ4v) is 2.70. The summed E-state index contributed by atoms with van der Waals surface area (Å²) in [6, 6.07) is 11.7. The van der Waals surface area contributed by atoms with Crippen LogP contribution < -0.4 is 4.74 Å². The molecule has 2 aromatic rings. The van der Waals surface area contributed by atoms with Gasteiger partial charge in [-0.3, -0.25) is 0 Å². The van der Waals surface area contributed by atoms with Crippen LogP contribution in [-0.2, 0) is 0 Å². The average Bonchev–Trinajstić information content (AvgIpc) is 2.47. The first kappa shape index (κ1) is 16.3. The number of hydrogen-bond acceptors (Lipinski definition) is 4. The summed E-state index contributed by atoms with van der Waals surface area (Å²) in [7, 11) is 0. The molecule has 0 aliphatic carbocycles. The van der Waals surface area contributed by atoms with Gasteiger partial charge in [0.2, 0.25) is 0 Å². The standard InChI is InChI=1S/C15H14Cl2O3S/c16-10-1-6-14(17)15(7-10)20-8-12(19)9-21-13-4-2-11(18)3-5-13/h1-7,12,18-19H,8-9H2. The van der Waals surface area contributed by atoms with Crippen molar-refractivity contribution in [2.45, 2.75) is 11.0 Å². The van der Waals surface area contributed by atoms with Gasteiger partial charge in [-0.1, -0.05) is 23.2 Å². The normalized spacial score (nSPS) is 12.1. The highest BCUT2D eigenvalue weighted by Crippen LogP contribution is 2.28. The highest BCUT2D eigenvalue weighted by Gasteiger charge is 2.09. The molecule has 0 spiro atoms. The van der Waals surface area contributed by atoms with Gasteiger partial charge in [0.15, 0.2) is 0 Å². The third-order valence-corrected chi connectivity index (χ3v) is 4.31. The number of aliphatic hydroxyl groups is 1. The number of hydrogen-bond donors (Lipinski definition) is 2. The molecule has 0 aliphatic heterocycles. The summed E-state index contributed by atoms with van der Waals surface area (Å²) in [5.41, 5.74) is 0. The number of phenolic OH excluding ortho intramolecular Hbond substituents is 1. The maximum atomic E-state index is 9.92. The summed E-state index contributed by atoms with van der Waals surface area (Å²) < 4.78 is 5.47. The Kier molecular flexibility index (Phi) is 6.06. The summed E-state index contributed by atoms with van der Waals surface area (Å²) in [5, 5.41) is 20.1. The SMILES string of the molecule is Oc1ccc(SCC(O)COc2cc(Cl)ccc2Cl)cc1. The third kappa shape index (κ3) is 5.32. The molecule has 0 fully saturated rings. The van der Waals surface area contributed by atoms with Crippen molar-refractivity contribution < 1.29 is 14.9 Å². The van der Waals surface area contributed by atoms with E-state index in [1.807, 2.05) is 0 Å². The van der Waals surface area contributed by atoms with Gasteiger partial charge in [-0.25, -0.2) is 0 Å². The maximum absolute atomic E-state index is 9.92. The summed E-state index contributed by atoms with van der Waals surface area (Å²) in [6.45, 7) is 0.130. The van der Waals surface area contributed by atoms with Crippen molar-refractivity contribution in [2.75, 3.05) is 12.4 Å². The van der Waals surface area contributed by atoms with Crippen LogP contribution in [0.5, 0.6) is 11.5 Å². The zero-order valence-corrected chi connectivity index (χ0v) is 13.3. The van der Waals surface area contributed by atoms with Crippen LogP contribution in [-0.4, -0.2) is 28.7 Å². The second-order valence-electron chi connectivity index (χ2n) is 4.34. The fraction of sp³-hybridized carbons (Fsp3) is 0.200. The Morgan fingerprint density at radius 2 is 1.81 bits per heavy atom. The largest absolute Gasteiger partial charge is 0.508 e. The summed E-state index contributed by atoms with van der Waals surface area (Å²) in [6.07, 6.45) is -0.640. The molecular weight excluding hydrogens is 331 g/mol. The molecule has 2 aromatic carbocycles. The topological polar surface area (TPSA) is 49.7 Å². The second kappa shape index (κ2) is 7.80. The molecule has 1 unspecified atom stereocenters. The highest BCUT2D eigenvalue weighted by molar-refractivity contribution is 7.99. The predicted molar refractivity (Wildman–Crippen MR) is 86.8 cm³/mol. The zero-order valence-electron chi connectivity index (χ0n) is 11.0. The van der Waals surface area contributed by atoms with Crippen LogP contribution >= 0.6 is 35.0 Å². The van der Waals surface area contributed by atoms with Crippen molar-refractivity contribution in [3.8, 4) is 11.5 Å². The van der Waals surface area contributed by atoms with Crippen LogP contribution in [0.25, 0.3) is 0 Å². The highest BCUT2D eigenvalue weighted by atomic mass is 35.5. The first-order valence-electron chi connectivity index (χ1n) is 6.22. The molecule has 0 heterocycles. The number of halogens is 2. The Balaban J connectivity index is 1.80. The van der Waals surface area contributed by atoms with Crippen molar-refractivity contribution >= 4 is 35.0 Å². The van der Waals surface area contributed by atoms with E-state index in [1.54, 1.807) is 42.5 Å². The smallest absolute Gasteiger partial charge is 0.139 e. The van der Waals surface area contributed by atoms with E-state index in [0.29, 0.717) is 21.5 Å². The first-order valence-corrected chi connectivity index (χ1v) is 7.96. The van der Waals surface area contributed by atoms with Crippen molar-refractivity contribution in [3.05, 3.63) is 52.5 Å². The van der Waals surface area contributed by atoms with Gasteiger partial charge in [-0.2, -0.15) is 0 Å². The Morgan fingerprint density at radius 3 is 2.52 bits per heavy atom. The lowest BCUT2D eigenvalue weighted by atomic mass is 10.3. The summed E-state index contributed by atoms with van der Waals surface area (Å²) in [5.74, 6) is 1.15. The number of benzene rings is 2. The molecule has 0 radical (unpaired) electrons. The van der Waals surface area contributed by atoms with E-state index in [1.165, 1.54) is 11.8 Å². The number of phenols is 1. The molecule has 2 N–H and O–H groups in total. The van der Waals surface area contributed by atoms with Gasteiger partial charge in [0.1, 0.15) is 18.1 Å². The minimum absolute atomic E-state index is 0.130. The minimum atomic E-state index is -0.640. The molecule has 0 bridgehead atoms. The number of aliphatic hydroxyl groups excluding tert-OH is 1. The third-order valence-electron chi connectivity index (χ3n) is 2.60. The van der Waals surface area contributed by atoms with Gasteiger partial charge >= 0.3 is 0 Å². The second-order valence-corrected chi connectivity index (χ2v) is 6.28. The maximum Gasteiger partial charge on any atom is 0.139 e. The molecule has 0 amide bonds. The van der Waals surface area contributed by atoms with Crippen molar-refractivity contribution in [3.63, 3.8) is 0 Å². The number of thioether (sulfide) groups is 1. The van der Waals surface area contributed by atoms with Gasteiger partial charge in [0.25, 0.3) is 0 Å². The van der Waals surface area contributed by atoms with Crippen molar-refractivity contribution in [1.29, 1.82) is 0 Å². The predicted octanol–water partition coefficient (Wildman–Crippen LogP) is 4.23. The molecule has 3 nitrogen and oxygen atoms in total. The Hall–Kier alpha value is -1.07. The Labute approximate surface area is 137 Å². The van der Waals surface area contributed by atoms with E-state index in [-0.39, 0.29) is 12.4 Å². The van der Waals surface area contributed by atoms with E-state index in [4.69, 9.17) is 27.9 Å². The first-order chi connectivity index (χ1) is 10.0. The van der Waals surface area contributed by atoms with E-state index in [0.717, 1.165) is 4.90 Å².